The topological polar surface area (TPSA) is 63.6 Å². The predicted molar refractivity (Wildman–Crippen MR) is 61.0 cm³/mol. The fraction of sp³-hybridized carbons (Fsp3) is 0.909. The van der Waals surface area contributed by atoms with Crippen molar-refractivity contribution < 1.29 is 19.3 Å². The minimum absolute atomic E-state index is 0.329. The Hall–Kier alpha value is -0.490. The molecule has 1 saturated heterocycles. The van der Waals surface area contributed by atoms with Gasteiger partial charge in [-0.3, -0.25) is 4.99 Å². The summed E-state index contributed by atoms with van der Waals surface area (Å²) in [5.41, 5.74) is 0. The Morgan fingerprint density at radius 3 is 2.69 bits per heavy atom. The first-order valence-corrected chi connectivity index (χ1v) is 5.70. The molecule has 0 aromatic carbocycles. The SMILES string of the molecule is C=NCC(O)COCCCCOCC1CO1. The highest BCUT2D eigenvalue weighted by molar-refractivity contribution is 5.23. The van der Waals surface area contributed by atoms with Crippen molar-refractivity contribution in [1.29, 1.82) is 0 Å². The lowest BCUT2D eigenvalue weighted by Gasteiger charge is -2.08. The van der Waals surface area contributed by atoms with Crippen molar-refractivity contribution in [3.63, 3.8) is 0 Å². The van der Waals surface area contributed by atoms with Gasteiger partial charge < -0.3 is 19.3 Å². The van der Waals surface area contributed by atoms with Gasteiger partial charge in [0.2, 0.25) is 0 Å². The van der Waals surface area contributed by atoms with Gasteiger partial charge in [0.25, 0.3) is 0 Å². The zero-order chi connectivity index (χ0) is 11.6. The minimum atomic E-state index is -0.527. The van der Waals surface area contributed by atoms with Gasteiger partial charge in [0.1, 0.15) is 6.10 Å². The summed E-state index contributed by atoms with van der Waals surface area (Å²) in [7, 11) is 0. The lowest BCUT2D eigenvalue weighted by molar-refractivity contribution is 0.0362. The average molecular weight is 231 g/mol. The Balaban J connectivity index is 1.71. The summed E-state index contributed by atoms with van der Waals surface area (Å²) in [6.07, 6.45) is 1.74. The molecule has 1 aliphatic rings. The second kappa shape index (κ2) is 8.64. The maximum absolute atomic E-state index is 9.26. The van der Waals surface area contributed by atoms with Crippen molar-refractivity contribution in [2.75, 3.05) is 39.6 Å². The van der Waals surface area contributed by atoms with Crippen LogP contribution in [0, 0.1) is 0 Å². The summed E-state index contributed by atoms with van der Waals surface area (Å²) in [5.74, 6) is 0. The zero-order valence-corrected chi connectivity index (χ0v) is 9.64. The molecular formula is C11H21NO4. The number of epoxide rings is 1. The van der Waals surface area contributed by atoms with Crippen molar-refractivity contribution in [1.82, 2.24) is 0 Å². The van der Waals surface area contributed by atoms with Crippen molar-refractivity contribution in [2.45, 2.75) is 25.0 Å². The van der Waals surface area contributed by atoms with E-state index >= 15 is 0 Å². The van der Waals surface area contributed by atoms with Gasteiger partial charge in [-0.2, -0.15) is 0 Å². The number of rotatable bonds is 11. The quantitative estimate of drug-likeness (QED) is 0.315. The molecule has 0 bridgehead atoms. The van der Waals surface area contributed by atoms with Crippen LogP contribution in [0.4, 0.5) is 0 Å². The third kappa shape index (κ3) is 7.76. The summed E-state index contributed by atoms with van der Waals surface area (Å²) in [6, 6.07) is 0. The highest BCUT2D eigenvalue weighted by Crippen LogP contribution is 2.08. The van der Waals surface area contributed by atoms with E-state index < -0.39 is 6.10 Å². The molecule has 2 atom stereocenters. The van der Waals surface area contributed by atoms with E-state index in [9.17, 15) is 5.11 Å². The van der Waals surface area contributed by atoms with Crippen molar-refractivity contribution >= 4 is 6.72 Å². The average Bonchev–Trinajstić information content (AvgIpc) is 3.06. The molecule has 1 N–H and O–H groups in total. The number of aliphatic imine (C=N–C) groups is 1. The zero-order valence-electron chi connectivity index (χ0n) is 9.64. The highest BCUT2D eigenvalue weighted by atomic mass is 16.6. The lowest BCUT2D eigenvalue weighted by Crippen LogP contribution is -2.18. The second-order valence-corrected chi connectivity index (χ2v) is 3.87. The van der Waals surface area contributed by atoms with E-state index in [1.165, 1.54) is 0 Å². The van der Waals surface area contributed by atoms with E-state index in [2.05, 4.69) is 11.7 Å². The molecule has 5 nitrogen and oxygen atoms in total. The molecule has 0 spiro atoms. The van der Waals surface area contributed by atoms with Crippen LogP contribution < -0.4 is 0 Å². The lowest BCUT2D eigenvalue weighted by atomic mass is 10.3. The van der Waals surface area contributed by atoms with Crippen LogP contribution in [0.2, 0.25) is 0 Å². The van der Waals surface area contributed by atoms with E-state index in [0.717, 1.165) is 26.1 Å². The molecule has 0 aliphatic carbocycles. The number of hydrogen-bond donors (Lipinski definition) is 1. The Bertz CT molecular complexity index is 185. The maximum atomic E-state index is 9.26. The Morgan fingerprint density at radius 1 is 1.38 bits per heavy atom. The van der Waals surface area contributed by atoms with Crippen LogP contribution in [0.15, 0.2) is 4.99 Å². The standard InChI is InChI=1S/C11H21NO4/c1-12-6-10(13)7-14-4-2-3-5-15-8-11-9-16-11/h10-11,13H,1-9H2. The van der Waals surface area contributed by atoms with Crippen molar-refractivity contribution in [3.8, 4) is 0 Å². The van der Waals surface area contributed by atoms with E-state index in [1.807, 2.05) is 0 Å². The molecule has 0 saturated carbocycles. The largest absolute Gasteiger partial charge is 0.389 e. The van der Waals surface area contributed by atoms with Gasteiger partial charge in [0.15, 0.2) is 0 Å². The monoisotopic (exact) mass is 231 g/mol. The molecular weight excluding hydrogens is 210 g/mol. The summed E-state index contributed by atoms with van der Waals surface area (Å²) >= 11 is 0. The van der Waals surface area contributed by atoms with E-state index in [-0.39, 0.29) is 0 Å². The molecule has 1 heterocycles. The summed E-state index contributed by atoms with van der Waals surface area (Å²) in [5, 5.41) is 9.26. The number of hydrogen-bond acceptors (Lipinski definition) is 5. The summed E-state index contributed by atoms with van der Waals surface area (Å²) in [4.78, 5) is 3.59. The van der Waals surface area contributed by atoms with Crippen LogP contribution in [0.25, 0.3) is 0 Å². The van der Waals surface area contributed by atoms with Gasteiger partial charge in [-0.15, -0.1) is 0 Å². The van der Waals surface area contributed by atoms with Crippen LogP contribution in [0.5, 0.6) is 0 Å². The van der Waals surface area contributed by atoms with Crippen LogP contribution in [-0.2, 0) is 14.2 Å². The first-order chi connectivity index (χ1) is 7.83. The fourth-order valence-electron chi connectivity index (χ4n) is 1.21. The molecule has 0 aromatic heterocycles. The molecule has 5 heteroatoms. The van der Waals surface area contributed by atoms with Crippen molar-refractivity contribution in [2.24, 2.45) is 4.99 Å². The number of ether oxygens (including phenoxy) is 3. The van der Waals surface area contributed by atoms with Gasteiger partial charge >= 0.3 is 0 Å². The van der Waals surface area contributed by atoms with Crippen LogP contribution >= 0.6 is 0 Å². The molecule has 94 valence electrons. The Labute approximate surface area is 96.4 Å². The molecule has 16 heavy (non-hydrogen) atoms. The molecule has 0 amide bonds. The number of unbranched alkanes of at least 4 members (excludes halogenated alkanes) is 1. The highest BCUT2D eigenvalue weighted by Gasteiger charge is 2.21. The van der Waals surface area contributed by atoms with E-state index in [1.54, 1.807) is 0 Å². The van der Waals surface area contributed by atoms with Crippen LogP contribution in [-0.4, -0.2) is 63.6 Å². The third-order valence-corrected chi connectivity index (χ3v) is 2.18. The Morgan fingerprint density at radius 2 is 2.06 bits per heavy atom. The van der Waals surface area contributed by atoms with Crippen LogP contribution in [0.3, 0.4) is 0 Å². The first kappa shape index (κ1) is 13.6. The Kier molecular flexibility index (Phi) is 7.33. The number of nitrogens with zero attached hydrogens (tertiary/aromatic N) is 1. The summed E-state index contributed by atoms with van der Waals surface area (Å²) in [6.45, 7) is 6.93. The van der Waals surface area contributed by atoms with Gasteiger partial charge in [-0.1, -0.05) is 0 Å². The van der Waals surface area contributed by atoms with Gasteiger partial charge in [0, 0.05) is 13.2 Å². The van der Waals surface area contributed by atoms with Gasteiger partial charge in [-0.05, 0) is 19.6 Å². The number of aliphatic hydroxyl groups excluding tert-OH is 1. The van der Waals surface area contributed by atoms with Gasteiger partial charge in [-0.25, -0.2) is 0 Å². The second-order valence-electron chi connectivity index (χ2n) is 3.87. The first-order valence-electron chi connectivity index (χ1n) is 5.70. The van der Waals surface area contributed by atoms with E-state index in [0.29, 0.717) is 32.5 Å². The predicted octanol–water partition coefficient (Wildman–Crippen LogP) is 0.260. The fourth-order valence-corrected chi connectivity index (χ4v) is 1.21. The number of aliphatic hydroxyl groups is 1. The molecule has 1 rings (SSSR count). The van der Waals surface area contributed by atoms with E-state index in [4.69, 9.17) is 14.2 Å². The smallest absolute Gasteiger partial charge is 0.104 e. The summed E-state index contributed by atoms with van der Waals surface area (Å²) < 4.78 is 15.7. The van der Waals surface area contributed by atoms with Gasteiger partial charge in [0.05, 0.1) is 32.5 Å². The molecule has 0 radical (unpaired) electrons. The third-order valence-electron chi connectivity index (χ3n) is 2.18. The molecule has 1 fully saturated rings. The minimum Gasteiger partial charge on any atom is -0.389 e. The molecule has 0 aromatic rings. The van der Waals surface area contributed by atoms with Crippen molar-refractivity contribution in [3.05, 3.63) is 0 Å². The molecule has 1 aliphatic heterocycles. The normalized spacial score (nSPS) is 20.7. The van der Waals surface area contributed by atoms with Crippen LogP contribution in [0.1, 0.15) is 12.8 Å². The maximum Gasteiger partial charge on any atom is 0.104 e. The molecule has 2 unspecified atom stereocenters.